The molecule has 0 aliphatic carbocycles. The lowest BCUT2D eigenvalue weighted by Gasteiger charge is -2.32. The van der Waals surface area contributed by atoms with Crippen LogP contribution in [0.3, 0.4) is 0 Å². The summed E-state index contributed by atoms with van der Waals surface area (Å²) in [5.74, 6) is 1.41. The zero-order valence-corrected chi connectivity index (χ0v) is 16.0. The lowest BCUT2D eigenvalue weighted by molar-refractivity contribution is -0.127. The first-order valence-corrected chi connectivity index (χ1v) is 9.20. The number of hydrogen-bond acceptors (Lipinski definition) is 8. The van der Waals surface area contributed by atoms with Gasteiger partial charge in [0.05, 0.1) is 6.20 Å². The van der Waals surface area contributed by atoms with Gasteiger partial charge in [-0.15, -0.1) is 0 Å². The van der Waals surface area contributed by atoms with E-state index in [0.717, 1.165) is 12.8 Å². The molecule has 0 aromatic carbocycles. The fourth-order valence-electron chi connectivity index (χ4n) is 3.21. The highest BCUT2D eigenvalue weighted by Gasteiger charge is 2.24. The first kappa shape index (κ1) is 18.2. The van der Waals surface area contributed by atoms with Gasteiger partial charge in [-0.25, -0.2) is 0 Å². The zero-order chi connectivity index (χ0) is 19.7. The van der Waals surface area contributed by atoms with Gasteiger partial charge >= 0.3 is 0 Å². The summed E-state index contributed by atoms with van der Waals surface area (Å²) in [6, 6.07) is 0.0203. The molecule has 1 aliphatic rings. The van der Waals surface area contributed by atoms with Crippen molar-refractivity contribution in [1.29, 1.82) is 0 Å². The van der Waals surface area contributed by atoms with E-state index in [1.807, 2.05) is 0 Å². The third-order valence-electron chi connectivity index (χ3n) is 4.62. The Hall–Kier alpha value is -3.14. The van der Waals surface area contributed by atoms with Gasteiger partial charge in [-0.3, -0.25) is 9.89 Å². The number of nitrogens with one attached hydrogen (secondary N) is 3. The number of piperidine rings is 1. The molecule has 28 heavy (non-hydrogen) atoms. The van der Waals surface area contributed by atoms with Crippen molar-refractivity contribution in [3.63, 3.8) is 0 Å². The number of nitrogens with zero attached hydrogens (tertiary/aromatic N) is 5. The van der Waals surface area contributed by atoms with Crippen molar-refractivity contribution in [2.75, 3.05) is 23.7 Å². The molecule has 10 nitrogen and oxygen atoms in total. The summed E-state index contributed by atoms with van der Waals surface area (Å²) in [6.45, 7) is 6.62. The van der Waals surface area contributed by atoms with Gasteiger partial charge in [0.15, 0.2) is 11.4 Å². The van der Waals surface area contributed by atoms with Crippen LogP contribution in [0.4, 0.5) is 17.5 Å². The van der Waals surface area contributed by atoms with E-state index < -0.39 is 0 Å². The quantitative estimate of drug-likeness (QED) is 0.556. The van der Waals surface area contributed by atoms with Crippen molar-refractivity contribution in [1.82, 2.24) is 30.2 Å². The van der Waals surface area contributed by atoms with Crippen LogP contribution in [0.1, 0.15) is 18.6 Å². The number of amides is 1. The summed E-state index contributed by atoms with van der Waals surface area (Å²) in [7, 11) is 0. The van der Waals surface area contributed by atoms with E-state index in [-0.39, 0.29) is 11.9 Å². The standard InChI is InChI=1S/C17H19ClN8O2/c1-3-12(27)26-6-4-5-10(8-26)20-15-13-14(18)24-25-16(13)23-17(22-15)21-11-7-19-28-9(11)2/h3,7,10H,1,4-6,8H2,2H3,(H3,20,21,22,23,24,25)/t10-/m1/s1. The lowest BCUT2D eigenvalue weighted by atomic mass is 10.1. The summed E-state index contributed by atoms with van der Waals surface area (Å²) in [5.41, 5.74) is 1.08. The average Bonchev–Trinajstić information content (AvgIpc) is 3.27. The Kier molecular flexibility index (Phi) is 4.86. The largest absolute Gasteiger partial charge is 0.365 e. The van der Waals surface area contributed by atoms with Crippen LogP contribution in [0.25, 0.3) is 11.0 Å². The molecule has 3 aromatic heterocycles. The zero-order valence-electron chi connectivity index (χ0n) is 15.2. The molecule has 4 rings (SSSR count). The molecule has 1 amide bonds. The Labute approximate surface area is 165 Å². The molecule has 1 atom stereocenters. The van der Waals surface area contributed by atoms with Crippen molar-refractivity contribution in [3.05, 3.63) is 29.8 Å². The number of halogens is 1. The Balaban J connectivity index is 1.63. The molecule has 3 aromatic rings. The van der Waals surface area contributed by atoms with E-state index in [2.05, 4.69) is 42.5 Å². The second-order valence-corrected chi connectivity index (χ2v) is 6.90. The van der Waals surface area contributed by atoms with Crippen LogP contribution in [-0.4, -0.2) is 55.3 Å². The number of aromatic nitrogens is 5. The molecule has 1 fully saturated rings. The molecule has 0 radical (unpaired) electrons. The first-order chi connectivity index (χ1) is 13.5. The van der Waals surface area contributed by atoms with Gasteiger partial charge in [0, 0.05) is 19.1 Å². The number of carbonyl (C=O) groups excluding carboxylic acids is 1. The Morgan fingerprint density at radius 3 is 3.11 bits per heavy atom. The van der Waals surface area contributed by atoms with Gasteiger partial charge in [0.25, 0.3) is 0 Å². The number of aryl methyl sites for hydroxylation is 1. The normalized spacial score (nSPS) is 16.9. The predicted octanol–water partition coefficient (Wildman–Crippen LogP) is 2.64. The third kappa shape index (κ3) is 3.50. The second kappa shape index (κ2) is 7.47. The molecule has 1 saturated heterocycles. The van der Waals surface area contributed by atoms with Gasteiger partial charge < -0.3 is 20.1 Å². The van der Waals surface area contributed by atoms with Gasteiger partial charge in [0.1, 0.15) is 22.0 Å². The minimum Gasteiger partial charge on any atom is -0.365 e. The smallest absolute Gasteiger partial charge is 0.246 e. The number of aromatic amines is 1. The van der Waals surface area contributed by atoms with Gasteiger partial charge in [0.2, 0.25) is 11.9 Å². The first-order valence-electron chi connectivity index (χ1n) is 8.83. The molecular weight excluding hydrogens is 384 g/mol. The highest BCUT2D eigenvalue weighted by molar-refractivity contribution is 6.35. The van der Waals surface area contributed by atoms with Crippen molar-refractivity contribution in [2.45, 2.75) is 25.8 Å². The maximum absolute atomic E-state index is 11.9. The molecule has 4 heterocycles. The lowest BCUT2D eigenvalue weighted by Crippen LogP contribution is -2.44. The molecule has 0 spiro atoms. The Morgan fingerprint density at radius 1 is 1.50 bits per heavy atom. The van der Waals surface area contributed by atoms with E-state index in [0.29, 0.717) is 52.5 Å². The van der Waals surface area contributed by atoms with E-state index in [1.165, 1.54) is 6.08 Å². The molecule has 3 N–H and O–H groups in total. The second-order valence-electron chi connectivity index (χ2n) is 6.52. The Bertz CT molecular complexity index is 1030. The van der Waals surface area contributed by atoms with Gasteiger partial charge in [-0.1, -0.05) is 23.3 Å². The van der Waals surface area contributed by atoms with E-state index in [4.69, 9.17) is 16.1 Å². The van der Waals surface area contributed by atoms with Crippen LogP contribution in [-0.2, 0) is 4.79 Å². The van der Waals surface area contributed by atoms with Crippen LogP contribution < -0.4 is 10.6 Å². The van der Waals surface area contributed by atoms with Crippen molar-refractivity contribution >= 4 is 46.0 Å². The summed E-state index contributed by atoms with van der Waals surface area (Å²) in [4.78, 5) is 22.7. The minimum atomic E-state index is -0.0778. The maximum Gasteiger partial charge on any atom is 0.246 e. The van der Waals surface area contributed by atoms with Gasteiger partial charge in [-0.05, 0) is 25.8 Å². The molecule has 0 bridgehead atoms. The van der Waals surface area contributed by atoms with E-state index >= 15 is 0 Å². The number of fused-ring (bicyclic) bond motifs is 1. The number of carbonyl (C=O) groups is 1. The minimum absolute atomic E-state index is 0.0203. The number of rotatable bonds is 5. The fourth-order valence-corrected chi connectivity index (χ4v) is 3.42. The molecule has 0 unspecified atom stereocenters. The highest BCUT2D eigenvalue weighted by atomic mass is 35.5. The molecule has 11 heteroatoms. The maximum atomic E-state index is 11.9. The monoisotopic (exact) mass is 402 g/mol. The van der Waals surface area contributed by atoms with E-state index in [1.54, 1.807) is 18.0 Å². The summed E-state index contributed by atoms with van der Waals surface area (Å²) < 4.78 is 5.05. The topological polar surface area (TPSA) is 125 Å². The molecular formula is C17H19ClN8O2. The summed E-state index contributed by atoms with van der Waals surface area (Å²) in [5, 5.41) is 18.0. The molecule has 1 aliphatic heterocycles. The third-order valence-corrected chi connectivity index (χ3v) is 4.89. The SMILES string of the molecule is C=CC(=O)N1CCC[C@@H](Nc2nc(Nc3cnoc3C)nc3n[nH]c(Cl)c23)C1. The molecule has 146 valence electrons. The van der Waals surface area contributed by atoms with Crippen LogP contribution in [0.15, 0.2) is 23.4 Å². The number of anilines is 3. The summed E-state index contributed by atoms with van der Waals surface area (Å²) in [6.07, 6.45) is 4.67. The highest BCUT2D eigenvalue weighted by Crippen LogP contribution is 2.30. The molecule has 0 saturated carbocycles. The van der Waals surface area contributed by atoms with Crippen LogP contribution in [0.5, 0.6) is 0 Å². The van der Waals surface area contributed by atoms with Gasteiger partial charge in [-0.2, -0.15) is 15.1 Å². The van der Waals surface area contributed by atoms with Crippen molar-refractivity contribution < 1.29 is 9.32 Å². The summed E-state index contributed by atoms with van der Waals surface area (Å²) >= 11 is 6.26. The number of hydrogen-bond donors (Lipinski definition) is 3. The average molecular weight is 403 g/mol. The van der Waals surface area contributed by atoms with Crippen LogP contribution in [0.2, 0.25) is 5.15 Å². The van der Waals surface area contributed by atoms with E-state index in [9.17, 15) is 4.79 Å². The fraction of sp³-hybridized carbons (Fsp3) is 0.353. The number of H-pyrrole nitrogens is 1. The number of likely N-dealkylation sites (tertiary alicyclic amines) is 1. The van der Waals surface area contributed by atoms with Crippen molar-refractivity contribution in [3.8, 4) is 0 Å². The van der Waals surface area contributed by atoms with Crippen LogP contribution in [0, 0.1) is 6.92 Å². The van der Waals surface area contributed by atoms with Crippen LogP contribution >= 0.6 is 11.6 Å². The predicted molar refractivity (Wildman–Crippen MR) is 105 cm³/mol. The van der Waals surface area contributed by atoms with Crippen molar-refractivity contribution in [2.24, 2.45) is 0 Å². The Morgan fingerprint density at radius 2 is 2.36 bits per heavy atom.